The molecule has 3 heterocycles. The van der Waals surface area contributed by atoms with Gasteiger partial charge < -0.3 is 39.9 Å². The summed E-state index contributed by atoms with van der Waals surface area (Å²) in [5.74, 6) is -2.64. The average Bonchev–Trinajstić information content (AvgIpc) is 3.92. The van der Waals surface area contributed by atoms with Gasteiger partial charge in [0.2, 0.25) is 11.8 Å². The first-order valence-corrected chi connectivity index (χ1v) is 16.5. The molecule has 2 atom stereocenters. The molecule has 2 aliphatic heterocycles. The number of carboxylic acid groups (broad SMARTS) is 1. The number of carboxylic acids is 1. The predicted molar refractivity (Wildman–Crippen MR) is 171 cm³/mol. The molecule has 258 valence electrons. The molecule has 2 saturated heterocycles. The minimum absolute atomic E-state index is 0.0224. The number of carbonyl (C=O) groups excluding carboxylic acids is 5. The summed E-state index contributed by atoms with van der Waals surface area (Å²) in [6.45, 7) is 3.31. The number of aliphatic carboxylic acids is 1. The van der Waals surface area contributed by atoms with Crippen molar-refractivity contribution in [3.8, 4) is 5.75 Å². The van der Waals surface area contributed by atoms with Crippen molar-refractivity contribution in [1.82, 2.24) is 30.3 Å². The third-order valence-electron chi connectivity index (χ3n) is 8.70. The number of rotatable bonds is 12. The van der Waals surface area contributed by atoms with Crippen LogP contribution < -0.4 is 15.4 Å². The number of aromatic nitrogens is 1. The zero-order valence-electron chi connectivity index (χ0n) is 27.0. The summed E-state index contributed by atoms with van der Waals surface area (Å²) in [5, 5.41) is 15.5. The Hall–Kier alpha value is -4.95. The smallest absolute Gasteiger partial charge is 0.409 e. The van der Waals surface area contributed by atoms with E-state index in [0.29, 0.717) is 30.4 Å². The van der Waals surface area contributed by atoms with Crippen LogP contribution in [0.15, 0.2) is 30.3 Å². The fourth-order valence-electron chi connectivity index (χ4n) is 5.88. The summed E-state index contributed by atoms with van der Waals surface area (Å²) in [4.78, 5) is 85.3. The van der Waals surface area contributed by atoms with Gasteiger partial charge in [-0.1, -0.05) is 12.1 Å². The Kier molecular flexibility index (Phi) is 11.3. The molecule has 3 aliphatic rings. The largest absolute Gasteiger partial charge is 0.483 e. The molecule has 1 saturated carbocycles. The number of nitrogens with zero attached hydrogens (tertiary/aromatic N) is 4. The van der Waals surface area contributed by atoms with E-state index in [9.17, 15) is 33.9 Å². The number of pyridine rings is 1. The summed E-state index contributed by atoms with van der Waals surface area (Å²) in [5.41, 5.74) is 0.345. The van der Waals surface area contributed by atoms with E-state index in [1.54, 1.807) is 36.1 Å². The molecule has 15 heteroatoms. The zero-order valence-corrected chi connectivity index (χ0v) is 27.0. The number of piperazine rings is 1. The summed E-state index contributed by atoms with van der Waals surface area (Å²) in [7, 11) is 0. The van der Waals surface area contributed by atoms with Crippen LogP contribution in [-0.4, -0.2) is 125 Å². The third kappa shape index (κ3) is 8.89. The Morgan fingerprint density at radius 3 is 2.42 bits per heavy atom. The minimum Gasteiger partial charge on any atom is -0.483 e. The van der Waals surface area contributed by atoms with E-state index in [2.05, 4.69) is 15.6 Å². The molecular weight excluding hydrogens is 624 g/mol. The minimum atomic E-state index is -1.16. The predicted octanol–water partition coefficient (Wildman–Crippen LogP) is 1.39. The molecule has 1 unspecified atom stereocenters. The quantitative estimate of drug-likeness (QED) is 0.299. The second-order valence-electron chi connectivity index (χ2n) is 12.2. The number of benzene rings is 1. The van der Waals surface area contributed by atoms with Crippen molar-refractivity contribution < 1.29 is 43.3 Å². The van der Waals surface area contributed by atoms with Crippen molar-refractivity contribution in [3.05, 3.63) is 36.0 Å². The van der Waals surface area contributed by atoms with Gasteiger partial charge in [-0.15, -0.1) is 0 Å². The number of hydrogen-bond acceptors (Lipinski definition) is 9. The van der Waals surface area contributed by atoms with Crippen molar-refractivity contribution >= 4 is 46.6 Å². The van der Waals surface area contributed by atoms with Gasteiger partial charge in [-0.2, -0.15) is 0 Å². The van der Waals surface area contributed by atoms with E-state index < -0.39 is 29.9 Å². The number of hydrogen-bond donors (Lipinski definition) is 3. The summed E-state index contributed by atoms with van der Waals surface area (Å²) >= 11 is 0. The lowest BCUT2D eigenvalue weighted by Crippen LogP contribution is -2.56. The van der Waals surface area contributed by atoms with Crippen molar-refractivity contribution in [3.63, 3.8) is 0 Å². The van der Waals surface area contributed by atoms with Gasteiger partial charge >= 0.3 is 12.1 Å². The molecule has 0 bridgehead atoms. The van der Waals surface area contributed by atoms with Gasteiger partial charge in [0.05, 0.1) is 18.0 Å². The van der Waals surface area contributed by atoms with Gasteiger partial charge in [0.15, 0.2) is 6.61 Å². The zero-order chi connectivity index (χ0) is 34.2. The number of nitrogens with one attached hydrogen (secondary N) is 2. The Labute approximate surface area is 277 Å². The SMILES string of the molecule is CCOC(=O)N1CCN(C(=O)[C@H](CCC(=O)O)NC(=O)c2cc(OCC(=O)N3CCCC(C(=O)NC4CC4)C3)c3ccccc3n2)CC1. The van der Waals surface area contributed by atoms with Crippen LogP contribution in [-0.2, 0) is 23.9 Å². The molecule has 5 rings (SSSR count). The normalized spacial score (nSPS) is 18.5. The maximum atomic E-state index is 13.5. The highest BCUT2D eigenvalue weighted by Gasteiger charge is 2.33. The Balaban J connectivity index is 1.25. The number of piperidine rings is 1. The van der Waals surface area contributed by atoms with Crippen molar-refractivity contribution in [2.45, 2.75) is 57.5 Å². The number of ether oxygens (including phenoxy) is 2. The monoisotopic (exact) mass is 666 g/mol. The highest BCUT2D eigenvalue weighted by Crippen LogP contribution is 2.27. The van der Waals surface area contributed by atoms with E-state index >= 15 is 0 Å². The maximum absolute atomic E-state index is 13.5. The lowest BCUT2D eigenvalue weighted by molar-refractivity contribution is -0.139. The lowest BCUT2D eigenvalue weighted by Gasteiger charge is -2.35. The van der Waals surface area contributed by atoms with Gasteiger partial charge in [-0.25, -0.2) is 9.78 Å². The molecule has 3 N–H and O–H groups in total. The fourth-order valence-corrected chi connectivity index (χ4v) is 5.88. The Morgan fingerprint density at radius 1 is 0.979 bits per heavy atom. The van der Waals surface area contributed by atoms with Crippen LogP contribution in [0.1, 0.15) is 55.9 Å². The number of carbonyl (C=O) groups is 6. The Bertz CT molecular complexity index is 1540. The van der Waals surface area contributed by atoms with Gasteiger partial charge in [0.1, 0.15) is 17.5 Å². The van der Waals surface area contributed by atoms with E-state index in [-0.39, 0.29) is 87.5 Å². The van der Waals surface area contributed by atoms with E-state index in [0.717, 1.165) is 19.3 Å². The highest BCUT2D eigenvalue weighted by atomic mass is 16.6. The topological polar surface area (TPSA) is 188 Å². The fraction of sp³-hybridized carbons (Fsp3) is 0.545. The molecule has 0 radical (unpaired) electrons. The van der Waals surface area contributed by atoms with Gasteiger partial charge in [0, 0.05) is 63.2 Å². The van der Waals surface area contributed by atoms with E-state index in [1.807, 2.05) is 0 Å². The molecule has 0 spiro atoms. The first kappa shape index (κ1) is 34.4. The van der Waals surface area contributed by atoms with Crippen LogP contribution in [0, 0.1) is 5.92 Å². The lowest BCUT2D eigenvalue weighted by atomic mass is 9.97. The number of para-hydroxylation sites is 1. The van der Waals surface area contributed by atoms with Crippen LogP contribution in [0.25, 0.3) is 10.9 Å². The van der Waals surface area contributed by atoms with Crippen LogP contribution in [0.3, 0.4) is 0 Å². The molecule has 1 aromatic carbocycles. The summed E-state index contributed by atoms with van der Waals surface area (Å²) < 4.78 is 11.0. The van der Waals surface area contributed by atoms with Crippen molar-refractivity contribution in [2.75, 3.05) is 52.5 Å². The second kappa shape index (κ2) is 15.8. The summed E-state index contributed by atoms with van der Waals surface area (Å²) in [6, 6.07) is 7.42. The van der Waals surface area contributed by atoms with Gasteiger partial charge in [0.25, 0.3) is 11.8 Å². The van der Waals surface area contributed by atoms with E-state index in [4.69, 9.17) is 9.47 Å². The number of likely N-dealkylation sites (tertiary alicyclic amines) is 1. The summed E-state index contributed by atoms with van der Waals surface area (Å²) in [6.07, 6.45) is 2.42. The number of amides is 5. The molecule has 15 nitrogen and oxygen atoms in total. The van der Waals surface area contributed by atoms with Gasteiger partial charge in [-0.3, -0.25) is 24.0 Å². The van der Waals surface area contributed by atoms with E-state index in [1.165, 1.54) is 15.9 Å². The van der Waals surface area contributed by atoms with Crippen molar-refractivity contribution in [2.24, 2.45) is 5.92 Å². The molecule has 5 amide bonds. The average molecular weight is 667 g/mol. The number of fused-ring (bicyclic) bond motifs is 1. The molecule has 1 aromatic heterocycles. The third-order valence-corrected chi connectivity index (χ3v) is 8.70. The standard InChI is InChI=1S/C33H42N6O9/c1-2-47-33(46)38-16-14-37(15-17-38)32(45)25(11-12-29(41)42)36-31(44)26-18-27(23-7-3-4-8-24(23)35-26)48-20-28(40)39-13-5-6-21(19-39)30(43)34-22-9-10-22/h3-4,7-8,18,21-22,25H,2,5-6,9-17,19-20H2,1H3,(H,34,43)(H,36,44)(H,41,42)/t21?,25-/m0/s1. The molecular formula is C33H42N6O9. The van der Waals surface area contributed by atoms with Crippen LogP contribution in [0.2, 0.25) is 0 Å². The Morgan fingerprint density at radius 2 is 1.71 bits per heavy atom. The first-order valence-electron chi connectivity index (χ1n) is 16.5. The highest BCUT2D eigenvalue weighted by molar-refractivity contribution is 5.99. The maximum Gasteiger partial charge on any atom is 0.409 e. The van der Waals surface area contributed by atoms with Crippen LogP contribution in [0.4, 0.5) is 4.79 Å². The molecule has 3 fully saturated rings. The van der Waals surface area contributed by atoms with Crippen LogP contribution >= 0.6 is 0 Å². The molecule has 2 aromatic rings. The van der Waals surface area contributed by atoms with Crippen molar-refractivity contribution in [1.29, 1.82) is 0 Å². The van der Waals surface area contributed by atoms with Gasteiger partial charge in [-0.05, 0) is 51.2 Å². The first-order chi connectivity index (χ1) is 23.1. The molecule has 1 aliphatic carbocycles. The molecule has 48 heavy (non-hydrogen) atoms. The van der Waals surface area contributed by atoms with Crippen LogP contribution in [0.5, 0.6) is 5.75 Å². The second-order valence-corrected chi connectivity index (χ2v) is 12.2.